The Balaban J connectivity index is 2.07. The number of aromatic hydroxyl groups is 2. The van der Waals surface area contributed by atoms with Crippen molar-refractivity contribution in [3.05, 3.63) is 48.0 Å². The molecule has 0 amide bonds. The number of rotatable bonds is 5. The SMILES string of the molecule is CCCCc1ccc(N=Nc2ccc(O)cc2O)cc1. The molecule has 0 aliphatic rings. The van der Waals surface area contributed by atoms with E-state index in [2.05, 4.69) is 17.2 Å². The monoisotopic (exact) mass is 270 g/mol. The summed E-state index contributed by atoms with van der Waals surface area (Å²) in [7, 11) is 0. The molecule has 0 fully saturated rings. The Kier molecular flexibility index (Phi) is 4.71. The molecule has 0 unspecified atom stereocenters. The largest absolute Gasteiger partial charge is 0.508 e. The number of aryl methyl sites for hydroxylation is 1. The molecule has 0 saturated carbocycles. The van der Waals surface area contributed by atoms with Crippen molar-refractivity contribution < 1.29 is 10.2 Å². The molecule has 0 radical (unpaired) electrons. The van der Waals surface area contributed by atoms with E-state index in [0.717, 1.165) is 12.1 Å². The molecule has 0 aromatic heterocycles. The van der Waals surface area contributed by atoms with Gasteiger partial charge in [-0.25, -0.2) is 0 Å². The van der Waals surface area contributed by atoms with Crippen LogP contribution in [0.15, 0.2) is 52.7 Å². The number of unbranched alkanes of at least 4 members (excludes halogenated alkanes) is 1. The van der Waals surface area contributed by atoms with Crippen LogP contribution in [0.5, 0.6) is 11.5 Å². The van der Waals surface area contributed by atoms with Crippen molar-refractivity contribution in [1.29, 1.82) is 0 Å². The van der Waals surface area contributed by atoms with Gasteiger partial charge in [-0.15, -0.1) is 5.11 Å². The van der Waals surface area contributed by atoms with Gasteiger partial charge in [-0.3, -0.25) is 0 Å². The smallest absolute Gasteiger partial charge is 0.146 e. The van der Waals surface area contributed by atoms with Crippen molar-refractivity contribution in [2.45, 2.75) is 26.2 Å². The van der Waals surface area contributed by atoms with Crippen molar-refractivity contribution >= 4 is 11.4 Å². The van der Waals surface area contributed by atoms with Gasteiger partial charge < -0.3 is 10.2 Å². The number of benzene rings is 2. The zero-order chi connectivity index (χ0) is 14.4. The summed E-state index contributed by atoms with van der Waals surface area (Å²) >= 11 is 0. The molecule has 0 heterocycles. The second-order valence-corrected chi connectivity index (χ2v) is 4.64. The summed E-state index contributed by atoms with van der Waals surface area (Å²) in [5, 5.41) is 26.8. The highest BCUT2D eigenvalue weighted by molar-refractivity contribution is 5.53. The third-order valence-corrected chi connectivity index (χ3v) is 2.99. The van der Waals surface area contributed by atoms with E-state index in [-0.39, 0.29) is 11.5 Å². The normalized spacial score (nSPS) is 11.1. The molecule has 104 valence electrons. The lowest BCUT2D eigenvalue weighted by Crippen LogP contribution is -1.82. The minimum absolute atomic E-state index is 0.00160. The molecule has 0 aliphatic carbocycles. The van der Waals surface area contributed by atoms with E-state index in [1.165, 1.54) is 36.6 Å². The molecule has 0 saturated heterocycles. The lowest BCUT2D eigenvalue weighted by molar-refractivity contribution is 0.451. The highest BCUT2D eigenvalue weighted by Gasteiger charge is 2.00. The highest BCUT2D eigenvalue weighted by Crippen LogP contribution is 2.31. The van der Waals surface area contributed by atoms with Crippen molar-refractivity contribution in [3.63, 3.8) is 0 Å². The maximum atomic E-state index is 9.60. The van der Waals surface area contributed by atoms with Crippen LogP contribution >= 0.6 is 0 Å². The molecule has 0 atom stereocenters. The predicted molar refractivity (Wildman–Crippen MR) is 79.0 cm³/mol. The summed E-state index contributed by atoms with van der Waals surface area (Å²) in [6.07, 6.45) is 3.44. The van der Waals surface area contributed by atoms with E-state index in [1.54, 1.807) is 0 Å². The summed E-state index contributed by atoms with van der Waals surface area (Å²) in [5.41, 5.74) is 2.36. The van der Waals surface area contributed by atoms with Gasteiger partial charge in [-0.05, 0) is 42.7 Å². The minimum atomic E-state index is -0.0895. The Bertz CT molecular complexity index is 592. The van der Waals surface area contributed by atoms with E-state index in [1.807, 2.05) is 24.3 Å². The lowest BCUT2D eigenvalue weighted by atomic mass is 10.1. The maximum absolute atomic E-state index is 9.60. The van der Waals surface area contributed by atoms with Gasteiger partial charge in [0.05, 0.1) is 5.69 Å². The van der Waals surface area contributed by atoms with Gasteiger partial charge in [-0.1, -0.05) is 25.5 Å². The molecular formula is C16H18N2O2. The highest BCUT2D eigenvalue weighted by atomic mass is 16.3. The van der Waals surface area contributed by atoms with Crippen LogP contribution in [-0.4, -0.2) is 10.2 Å². The Labute approximate surface area is 118 Å². The van der Waals surface area contributed by atoms with E-state index in [4.69, 9.17) is 0 Å². The summed E-state index contributed by atoms with van der Waals surface area (Å²) < 4.78 is 0. The van der Waals surface area contributed by atoms with Crippen LogP contribution in [0.25, 0.3) is 0 Å². The van der Waals surface area contributed by atoms with E-state index >= 15 is 0 Å². The molecule has 0 spiro atoms. The summed E-state index contributed by atoms with van der Waals surface area (Å²) in [6.45, 7) is 2.17. The molecule has 4 heteroatoms. The molecule has 0 bridgehead atoms. The number of hydrogen-bond donors (Lipinski definition) is 2. The Morgan fingerprint density at radius 3 is 2.35 bits per heavy atom. The first-order valence-electron chi connectivity index (χ1n) is 6.71. The van der Waals surface area contributed by atoms with Crippen LogP contribution in [0.2, 0.25) is 0 Å². The zero-order valence-electron chi connectivity index (χ0n) is 11.5. The Morgan fingerprint density at radius 2 is 1.70 bits per heavy atom. The van der Waals surface area contributed by atoms with Crippen molar-refractivity contribution in [1.82, 2.24) is 0 Å². The fraction of sp³-hybridized carbons (Fsp3) is 0.250. The molecule has 2 rings (SSSR count). The van der Waals surface area contributed by atoms with Crippen LogP contribution < -0.4 is 0 Å². The van der Waals surface area contributed by atoms with E-state index in [9.17, 15) is 10.2 Å². The van der Waals surface area contributed by atoms with Gasteiger partial charge in [0.1, 0.15) is 17.2 Å². The fourth-order valence-corrected chi connectivity index (χ4v) is 1.82. The van der Waals surface area contributed by atoms with Gasteiger partial charge in [-0.2, -0.15) is 5.11 Å². The van der Waals surface area contributed by atoms with Crippen LogP contribution in [0.1, 0.15) is 25.3 Å². The summed E-state index contributed by atoms with van der Waals surface area (Å²) in [6, 6.07) is 12.1. The number of nitrogens with zero attached hydrogens (tertiary/aromatic N) is 2. The van der Waals surface area contributed by atoms with Crippen LogP contribution in [0, 0.1) is 0 Å². The lowest BCUT2D eigenvalue weighted by Gasteiger charge is -2.00. The van der Waals surface area contributed by atoms with Crippen LogP contribution in [0.4, 0.5) is 11.4 Å². The predicted octanol–water partition coefficient (Wildman–Crippen LogP) is 4.86. The number of phenolic OH excluding ortho intramolecular Hbond substituents is 2. The maximum Gasteiger partial charge on any atom is 0.146 e. The van der Waals surface area contributed by atoms with Gasteiger partial charge in [0.2, 0.25) is 0 Å². The topological polar surface area (TPSA) is 65.2 Å². The first-order chi connectivity index (χ1) is 9.69. The molecule has 4 nitrogen and oxygen atoms in total. The van der Waals surface area contributed by atoms with E-state index in [0.29, 0.717) is 5.69 Å². The van der Waals surface area contributed by atoms with Crippen LogP contribution in [0.3, 0.4) is 0 Å². The van der Waals surface area contributed by atoms with Crippen LogP contribution in [-0.2, 0) is 6.42 Å². The molecule has 0 aliphatic heterocycles. The molecule has 20 heavy (non-hydrogen) atoms. The molecular weight excluding hydrogens is 252 g/mol. The first kappa shape index (κ1) is 14.1. The molecule has 2 N–H and O–H groups in total. The Morgan fingerprint density at radius 1 is 0.950 bits per heavy atom. The second-order valence-electron chi connectivity index (χ2n) is 4.64. The first-order valence-corrected chi connectivity index (χ1v) is 6.71. The third kappa shape index (κ3) is 3.82. The fourth-order valence-electron chi connectivity index (χ4n) is 1.82. The van der Waals surface area contributed by atoms with E-state index < -0.39 is 0 Å². The van der Waals surface area contributed by atoms with Gasteiger partial charge in [0.15, 0.2) is 0 Å². The zero-order valence-corrected chi connectivity index (χ0v) is 11.5. The average Bonchev–Trinajstić information content (AvgIpc) is 2.45. The van der Waals surface area contributed by atoms with Gasteiger partial charge >= 0.3 is 0 Å². The summed E-state index contributed by atoms with van der Waals surface area (Å²) in [5.74, 6) is -0.0879. The minimum Gasteiger partial charge on any atom is -0.508 e. The van der Waals surface area contributed by atoms with Crippen molar-refractivity contribution in [2.75, 3.05) is 0 Å². The number of azo groups is 1. The number of phenols is 2. The third-order valence-electron chi connectivity index (χ3n) is 2.99. The van der Waals surface area contributed by atoms with Crippen molar-refractivity contribution in [2.24, 2.45) is 10.2 Å². The summed E-state index contributed by atoms with van der Waals surface area (Å²) in [4.78, 5) is 0. The second kappa shape index (κ2) is 6.70. The quantitative estimate of drug-likeness (QED) is 0.762. The van der Waals surface area contributed by atoms with Gasteiger partial charge in [0, 0.05) is 6.07 Å². The molecule has 2 aromatic rings. The standard InChI is InChI=1S/C16H18N2O2/c1-2-3-4-12-5-7-13(8-6-12)17-18-15-10-9-14(19)11-16(15)20/h5-11,19-20H,2-4H2,1H3. The number of hydrogen-bond acceptors (Lipinski definition) is 4. The van der Waals surface area contributed by atoms with Crippen molar-refractivity contribution in [3.8, 4) is 11.5 Å². The molecule has 2 aromatic carbocycles. The average molecular weight is 270 g/mol. The van der Waals surface area contributed by atoms with Gasteiger partial charge in [0.25, 0.3) is 0 Å². The Hall–Kier alpha value is -2.36.